The average molecular weight is 595 g/mol. The van der Waals surface area contributed by atoms with Crippen molar-refractivity contribution in [3.05, 3.63) is 125 Å². The maximum Gasteiger partial charge on any atom is 0.252 e. The summed E-state index contributed by atoms with van der Waals surface area (Å²) in [5.74, 6) is 3.36. The number of nitrogens with zero attached hydrogens (tertiary/aromatic N) is 2. The second kappa shape index (κ2) is 8.97. The Labute approximate surface area is 273 Å². The minimum Gasteiger partial charge on any atom is -0.311 e. The normalized spacial score (nSPS) is 27.0. The number of anilines is 6. The van der Waals surface area contributed by atoms with E-state index in [1.165, 1.54) is 93.7 Å². The SMILES string of the molecule is CCc1cccc(N2c3cccc4c3B(c3cccc(C)c32)c2cccc3c2N4c2ccccc2C32C3CC4CC(C3)CC2C4)c1. The van der Waals surface area contributed by atoms with E-state index in [4.69, 9.17) is 0 Å². The Morgan fingerprint density at radius 3 is 2.04 bits per heavy atom. The third-order valence-electron chi connectivity index (χ3n) is 13.3. The summed E-state index contributed by atoms with van der Waals surface area (Å²) in [5, 5.41) is 0. The summed E-state index contributed by atoms with van der Waals surface area (Å²) in [4.78, 5) is 5.27. The molecule has 0 unspecified atom stereocenters. The topological polar surface area (TPSA) is 6.48 Å². The van der Waals surface area contributed by atoms with E-state index in [9.17, 15) is 0 Å². The van der Waals surface area contributed by atoms with Gasteiger partial charge in [0.25, 0.3) is 6.71 Å². The monoisotopic (exact) mass is 594 g/mol. The first-order valence-electron chi connectivity index (χ1n) is 17.8. The van der Waals surface area contributed by atoms with E-state index in [2.05, 4.69) is 127 Å². The minimum atomic E-state index is 0.123. The highest BCUT2D eigenvalue weighted by Crippen LogP contribution is 2.69. The Morgan fingerprint density at radius 1 is 0.630 bits per heavy atom. The zero-order chi connectivity index (χ0) is 30.3. The Kier molecular flexibility index (Phi) is 5.05. The summed E-state index contributed by atoms with van der Waals surface area (Å²) in [6.45, 7) is 4.77. The molecule has 0 atom stereocenters. The van der Waals surface area contributed by atoms with E-state index in [1.54, 1.807) is 11.1 Å². The first-order valence-corrected chi connectivity index (χ1v) is 17.8. The predicted molar refractivity (Wildman–Crippen MR) is 192 cm³/mol. The van der Waals surface area contributed by atoms with Crippen molar-refractivity contribution in [3.8, 4) is 0 Å². The fourth-order valence-corrected chi connectivity index (χ4v) is 11.9. The second-order valence-corrected chi connectivity index (χ2v) is 15.3. The van der Waals surface area contributed by atoms with Gasteiger partial charge < -0.3 is 9.80 Å². The highest BCUT2D eigenvalue weighted by molar-refractivity contribution is 7.00. The van der Waals surface area contributed by atoms with Gasteiger partial charge in [-0.15, -0.1) is 0 Å². The van der Waals surface area contributed by atoms with Crippen molar-refractivity contribution < 1.29 is 0 Å². The molecule has 224 valence electrons. The van der Waals surface area contributed by atoms with Crippen LogP contribution in [-0.2, 0) is 11.8 Å². The standard InChI is InChI=1S/C43H39BN2/c1-3-27-11-7-12-32(25-27)45-38-18-9-19-39-40(38)44(35-15-6-10-26(2)41(35)45)36-16-8-14-34-42(36)46(39)37-17-5-4-13-33(37)43(34)30-21-28-20-29(23-30)24-31(43)22-28/h4-19,25,28-31H,3,20-24H2,1-2H3. The second-order valence-electron chi connectivity index (χ2n) is 15.3. The Balaban J connectivity index is 1.23. The lowest BCUT2D eigenvalue weighted by Crippen LogP contribution is -2.64. The summed E-state index contributed by atoms with van der Waals surface area (Å²) in [6.07, 6.45) is 8.14. The number of hydrogen-bond donors (Lipinski definition) is 0. The lowest BCUT2D eigenvalue weighted by molar-refractivity contribution is -0.0419. The van der Waals surface area contributed by atoms with Gasteiger partial charge in [0.2, 0.25) is 0 Å². The summed E-state index contributed by atoms with van der Waals surface area (Å²) >= 11 is 0. The van der Waals surface area contributed by atoms with Crippen LogP contribution in [0.2, 0.25) is 0 Å². The average Bonchev–Trinajstić information content (AvgIpc) is 3.09. The van der Waals surface area contributed by atoms with Crippen LogP contribution in [0.1, 0.15) is 61.3 Å². The molecular formula is C43H39BN2. The molecule has 0 aromatic heterocycles. The lowest BCUT2D eigenvalue weighted by Gasteiger charge is -2.64. The fourth-order valence-electron chi connectivity index (χ4n) is 11.9. The van der Waals surface area contributed by atoms with Crippen LogP contribution in [0.3, 0.4) is 0 Å². The Morgan fingerprint density at radius 2 is 1.26 bits per heavy atom. The zero-order valence-corrected chi connectivity index (χ0v) is 26.8. The molecule has 46 heavy (non-hydrogen) atoms. The van der Waals surface area contributed by atoms with Crippen molar-refractivity contribution in [2.45, 2.75) is 57.8 Å². The maximum absolute atomic E-state index is 2.70. The molecule has 3 heterocycles. The van der Waals surface area contributed by atoms with Gasteiger partial charge in [0.1, 0.15) is 0 Å². The van der Waals surface area contributed by atoms with E-state index in [1.807, 2.05) is 0 Å². The van der Waals surface area contributed by atoms with Gasteiger partial charge in [-0.2, -0.15) is 0 Å². The predicted octanol–water partition coefficient (Wildman–Crippen LogP) is 8.70. The van der Waals surface area contributed by atoms with Crippen LogP contribution >= 0.6 is 0 Å². The molecule has 3 heteroatoms. The van der Waals surface area contributed by atoms with Crippen molar-refractivity contribution in [1.82, 2.24) is 0 Å². The molecule has 4 aliphatic carbocycles. The maximum atomic E-state index is 2.70. The molecule has 4 bridgehead atoms. The van der Waals surface area contributed by atoms with Gasteiger partial charge in [0.15, 0.2) is 0 Å². The molecule has 7 aliphatic rings. The van der Waals surface area contributed by atoms with Gasteiger partial charge in [-0.25, -0.2) is 0 Å². The molecule has 1 spiro atoms. The Hall–Kier alpha value is -4.24. The van der Waals surface area contributed by atoms with Crippen molar-refractivity contribution >= 4 is 57.2 Å². The summed E-state index contributed by atoms with van der Waals surface area (Å²) < 4.78 is 0. The van der Waals surface area contributed by atoms with Crippen molar-refractivity contribution in [1.29, 1.82) is 0 Å². The quantitative estimate of drug-likeness (QED) is 0.185. The van der Waals surface area contributed by atoms with Crippen LogP contribution in [0.5, 0.6) is 0 Å². The lowest BCUT2D eigenvalue weighted by atomic mass is 9.32. The summed E-state index contributed by atoms with van der Waals surface area (Å²) in [6, 6.07) is 40.4. The van der Waals surface area contributed by atoms with Gasteiger partial charge in [-0.1, -0.05) is 79.7 Å². The van der Waals surface area contributed by atoms with Gasteiger partial charge in [-0.3, -0.25) is 0 Å². The molecule has 5 aromatic carbocycles. The van der Waals surface area contributed by atoms with E-state index in [-0.39, 0.29) is 12.1 Å². The number of para-hydroxylation sites is 3. The molecule has 0 N–H and O–H groups in total. The van der Waals surface area contributed by atoms with E-state index >= 15 is 0 Å². The molecule has 3 aliphatic heterocycles. The van der Waals surface area contributed by atoms with Crippen LogP contribution in [0, 0.1) is 30.6 Å². The first-order chi connectivity index (χ1) is 22.7. The van der Waals surface area contributed by atoms with E-state index in [0.29, 0.717) is 0 Å². The van der Waals surface area contributed by atoms with Gasteiger partial charge in [-0.05, 0) is 138 Å². The number of benzene rings is 5. The molecule has 0 saturated heterocycles. The molecule has 0 radical (unpaired) electrons. The van der Waals surface area contributed by atoms with Crippen molar-refractivity contribution in [2.75, 3.05) is 9.80 Å². The van der Waals surface area contributed by atoms with Gasteiger partial charge in [0, 0.05) is 33.9 Å². The molecule has 0 amide bonds. The minimum absolute atomic E-state index is 0.123. The zero-order valence-electron chi connectivity index (χ0n) is 26.8. The molecule has 5 aromatic rings. The number of aryl methyl sites for hydroxylation is 2. The van der Waals surface area contributed by atoms with E-state index < -0.39 is 0 Å². The summed E-state index contributed by atoms with van der Waals surface area (Å²) in [5.41, 5.74) is 18.7. The Bertz CT molecular complexity index is 2080. The smallest absolute Gasteiger partial charge is 0.252 e. The first kappa shape index (κ1) is 25.9. The van der Waals surface area contributed by atoms with Gasteiger partial charge >= 0.3 is 0 Å². The number of rotatable bonds is 2. The van der Waals surface area contributed by atoms with Crippen LogP contribution < -0.4 is 26.2 Å². The molecule has 4 fully saturated rings. The summed E-state index contributed by atoms with van der Waals surface area (Å²) in [7, 11) is 0. The molecule has 12 rings (SSSR count). The van der Waals surface area contributed by atoms with Crippen molar-refractivity contribution in [3.63, 3.8) is 0 Å². The molecule has 2 nitrogen and oxygen atoms in total. The van der Waals surface area contributed by atoms with Gasteiger partial charge in [0.05, 0.1) is 5.69 Å². The third kappa shape index (κ3) is 3.02. The number of hydrogen-bond acceptors (Lipinski definition) is 2. The van der Waals surface area contributed by atoms with Crippen molar-refractivity contribution in [2.24, 2.45) is 23.7 Å². The van der Waals surface area contributed by atoms with Crippen LogP contribution in [-0.4, -0.2) is 6.71 Å². The van der Waals surface area contributed by atoms with Crippen LogP contribution in [0.25, 0.3) is 0 Å². The fraction of sp³-hybridized carbons (Fsp3) is 0.302. The highest BCUT2D eigenvalue weighted by Gasteiger charge is 2.62. The van der Waals surface area contributed by atoms with E-state index in [0.717, 1.165) is 30.1 Å². The highest BCUT2D eigenvalue weighted by atomic mass is 15.2. The third-order valence-corrected chi connectivity index (χ3v) is 13.3. The number of fused-ring (bicyclic) bond motifs is 6. The largest absolute Gasteiger partial charge is 0.311 e. The molecule has 4 saturated carbocycles. The van der Waals surface area contributed by atoms with Crippen LogP contribution in [0.15, 0.2) is 103 Å². The molecular weight excluding hydrogens is 555 g/mol. The van der Waals surface area contributed by atoms with Crippen LogP contribution in [0.4, 0.5) is 34.1 Å².